The lowest BCUT2D eigenvalue weighted by Gasteiger charge is -2.49. The van der Waals surface area contributed by atoms with Gasteiger partial charge in [0.25, 0.3) is 11.8 Å². The number of nitrogens with zero attached hydrogens (tertiary/aromatic N) is 3. The van der Waals surface area contributed by atoms with Crippen LogP contribution in [0.4, 0.5) is 9.93 Å². The second-order valence-electron chi connectivity index (χ2n) is 13.8. The van der Waals surface area contributed by atoms with Crippen molar-refractivity contribution >= 4 is 76.0 Å². The van der Waals surface area contributed by atoms with Crippen LogP contribution in [-0.4, -0.2) is 92.8 Å². The Balaban J connectivity index is 1.22. The third-order valence-corrected chi connectivity index (χ3v) is 11.7. The molecule has 1 aliphatic carbocycles. The number of rotatable bonds is 16. The summed E-state index contributed by atoms with van der Waals surface area (Å²) in [6.45, 7) is 5.70. The van der Waals surface area contributed by atoms with E-state index in [1.165, 1.54) is 28.4 Å². The fraction of sp³-hybridized carbons (Fsp3) is 0.359. The minimum atomic E-state index is -0.996. The number of amides is 4. The minimum Gasteiger partial charge on any atom is -0.448 e. The molecule has 56 heavy (non-hydrogen) atoms. The molecule has 2 unspecified atom stereocenters. The maximum atomic E-state index is 14.4. The molecule has 1 fully saturated rings. The number of oxime groups is 1. The lowest BCUT2D eigenvalue weighted by molar-refractivity contribution is -0.154. The summed E-state index contributed by atoms with van der Waals surface area (Å²) in [5, 5.41) is 13.3. The van der Waals surface area contributed by atoms with Gasteiger partial charge in [0, 0.05) is 29.2 Å². The number of aromatic nitrogens is 1. The maximum absolute atomic E-state index is 14.4. The first kappa shape index (κ1) is 40.5. The Morgan fingerprint density at radius 1 is 1.09 bits per heavy atom. The quantitative estimate of drug-likeness (QED) is 0.0321. The molecule has 14 nitrogen and oxygen atoms in total. The van der Waals surface area contributed by atoms with E-state index in [1.807, 2.05) is 72.8 Å². The van der Waals surface area contributed by atoms with Gasteiger partial charge in [0.05, 0.1) is 0 Å². The fourth-order valence-corrected chi connectivity index (χ4v) is 9.00. The van der Waals surface area contributed by atoms with Crippen LogP contribution in [0.3, 0.4) is 0 Å². The highest BCUT2D eigenvalue weighted by Gasteiger charge is 2.55. The Kier molecular flexibility index (Phi) is 13.5. The van der Waals surface area contributed by atoms with E-state index in [-0.39, 0.29) is 28.3 Å². The van der Waals surface area contributed by atoms with Crippen molar-refractivity contribution in [3.63, 3.8) is 0 Å². The highest BCUT2D eigenvalue weighted by atomic mass is 32.2. The number of anilines is 1. The molecule has 0 radical (unpaired) electrons. The molecule has 0 bridgehead atoms. The Hall–Kier alpha value is -5.13. The molecule has 3 atom stereocenters. The van der Waals surface area contributed by atoms with Gasteiger partial charge in [-0.1, -0.05) is 71.9 Å². The van der Waals surface area contributed by atoms with Crippen LogP contribution >= 0.6 is 34.9 Å². The van der Waals surface area contributed by atoms with Gasteiger partial charge in [-0.3, -0.25) is 19.3 Å². The van der Waals surface area contributed by atoms with Crippen LogP contribution in [0.1, 0.15) is 56.5 Å². The summed E-state index contributed by atoms with van der Waals surface area (Å²) in [5.74, 6) is -0.588. The average molecular weight is 819 g/mol. The van der Waals surface area contributed by atoms with Crippen LogP contribution in [0.15, 0.2) is 94.6 Å². The van der Waals surface area contributed by atoms with Crippen molar-refractivity contribution in [3.05, 3.63) is 106 Å². The van der Waals surface area contributed by atoms with Crippen molar-refractivity contribution in [2.75, 3.05) is 29.1 Å². The number of thioether (sulfide) groups is 2. The maximum Gasteiger partial charge on any atom is 0.407 e. The number of carbonyl (C=O) groups is 5. The van der Waals surface area contributed by atoms with Gasteiger partial charge in [-0.25, -0.2) is 14.6 Å². The standard InChI is InChI=1S/C39H42N6O8S3/c1-39(2,3)52-38(50)40-18-19-54-20-26-21-55-35-30(43-33(47)29(44-53-27-16-10-11-17-27)28-22-56-37(42-28)41-23-46)34(48)45(35)31(26)36(49)51-32(24-12-6-4-7-13-24)25-14-8-5-9-15-25/h4-10,12-16,22-23,27,30,32,35H,11,17-21H2,1-3H3,(H,40,50)(H,43,47)(H,41,42,46)/t27?,30?,35-/m0/s1. The molecule has 2 aliphatic heterocycles. The van der Waals surface area contributed by atoms with Crippen molar-refractivity contribution in [3.8, 4) is 0 Å². The largest absolute Gasteiger partial charge is 0.448 e. The fourth-order valence-electron chi connectivity index (χ4n) is 5.99. The third-order valence-electron chi connectivity index (χ3n) is 8.54. The number of fused-ring (bicyclic) bond motifs is 1. The van der Waals surface area contributed by atoms with E-state index in [9.17, 15) is 24.0 Å². The number of hydrogen-bond acceptors (Lipinski definition) is 13. The number of β-lactam (4-membered cyclic amide) rings is 1. The van der Waals surface area contributed by atoms with E-state index in [4.69, 9.17) is 14.3 Å². The Labute approximate surface area is 336 Å². The Morgan fingerprint density at radius 2 is 1.80 bits per heavy atom. The zero-order chi connectivity index (χ0) is 39.7. The van der Waals surface area contributed by atoms with Gasteiger partial charge < -0.3 is 30.3 Å². The van der Waals surface area contributed by atoms with E-state index >= 15 is 0 Å². The molecule has 1 saturated heterocycles. The summed E-state index contributed by atoms with van der Waals surface area (Å²) in [6, 6.07) is 17.7. The molecular weight excluding hydrogens is 777 g/mol. The molecule has 4 amide bonds. The number of hydrogen-bond donors (Lipinski definition) is 3. The smallest absolute Gasteiger partial charge is 0.407 e. The van der Waals surface area contributed by atoms with Gasteiger partial charge >= 0.3 is 12.1 Å². The van der Waals surface area contributed by atoms with Gasteiger partial charge in [0.15, 0.2) is 16.9 Å². The first-order valence-electron chi connectivity index (χ1n) is 17.9. The van der Waals surface area contributed by atoms with Gasteiger partial charge in [0.2, 0.25) is 6.41 Å². The number of carbonyl (C=O) groups excluding carboxylic acids is 5. The van der Waals surface area contributed by atoms with Gasteiger partial charge in [-0.05, 0) is 56.4 Å². The van der Waals surface area contributed by atoms with E-state index in [0.717, 1.165) is 28.9 Å². The van der Waals surface area contributed by atoms with Gasteiger partial charge in [0.1, 0.15) is 34.5 Å². The predicted octanol–water partition coefficient (Wildman–Crippen LogP) is 5.40. The van der Waals surface area contributed by atoms with E-state index < -0.39 is 47.0 Å². The highest BCUT2D eigenvalue weighted by molar-refractivity contribution is 8.01. The molecule has 294 valence electrons. The minimum absolute atomic E-state index is 0.128. The first-order valence-corrected chi connectivity index (χ1v) is 21.0. The van der Waals surface area contributed by atoms with Crippen molar-refractivity contribution in [2.45, 2.75) is 62.8 Å². The van der Waals surface area contributed by atoms with Crippen LogP contribution in [0.5, 0.6) is 0 Å². The monoisotopic (exact) mass is 818 g/mol. The Bertz CT molecular complexity index is 1960. The summed E-state index contributed by atoms with van der Waals surface area (Å²) in [7, 11) is 0. The van der Waals surface area contributed by atoms with Gasteiger partial charge in [-0.2, -0.15) is 11.8 Å². The lowest BCUT2D eigenvalue weighted by Crippen LogP contribution is -2.71. The number of benzene rings is 2. The van der Waals surface area contributed by atoms with E-state index in [1.54, 1.807) is 26.2 Å². The van der Waals surface area contributed by atoms with Crippen LogP contribution in [-0.2, 0) is 33.5 Å². The normalized spacial score (nSPS) is 19.2. The summed E-state index contributed by atoms with van der Waals surface area (Å²) in [6.07, 6.45) is 4.21. The SMILES string of the molecule is CC(C)(C)OC(=O)NCCSCC1=C(C(=O)OC(c2ccccc2)c2ccccc2)N2C(=O)C(NC(=O)C(=NOC3C=CCC3)c3csc(NC=O)n3)[C@@H]2SC1. The molecule has 1 aromatic heterocycles. The average Bonchev–Trinajstić information content (AvgIpc) is 3.88. The Morgan fingerprint density at radius 3 is 2.45 bits per heavy atom. The summed E-state index contributed by atoms with van der Waals surface area (Å²) >= 11 is 4.01. The number of ether oxygens (including phenoxy) is 2. The second kappa shape index (κ2) is 18.7. The number of esters is 1. The van der Waals surface area contributed by atoms with Crippen molar-refractivity contribution < 1.29 is 38.3 Å². The molecule has 17 heteroatoms. The number of thiazole rings is 1. The number of allylic oxidation sites excluding steroid dienone is 1. The molecule has 3 aliphatic rings. The second-order valence-corrected chi connectivity index (χ2v) is 16.9. The number of alkyl carbamates (subject to hydrolysis) is 1. The first-order chi connectivity index (χ1) is 27.0. The van der Waals surface area contributed by atoms with Crippen LogP contribution in [0.2, 0.25) is 0 Å². The molecule has 0 spiro atoms. The summed E-state index contributed by atoms with van der Waals surface area (Å²) < 4.78 is 11.6. The molecule has 2 aromatic carbocycles. The van der Waals surface area contributed by atoms with E-state index in [2.05, 4.69) is 26.1 Å². The molecule has 3 N–H and O–H groups in total. The summed E-state index contributed by atoms with van der Waals surface area (Å²) in [4.78, 5) is 76.7. The van der Waals surface area contributed by atoms with Crippen LogP contribution < -0.4 is 16.0 Å². The molecular formula is C39H42N6O8S3. The highest BCUT2D eigenvalue weighted by Crippen LogP contribution is 2.42. The molecule has 3 heterocycles. The predicted molar refractivity (Wildman–Crippen MR) is 216 cm³/mol. The molecule has 3 aromatic rings. The number of nitrogens with one attached hydrogen (secondary N) is 3. The van der Waals surface area contributed by atoms with Crippen molar-refractivity contribution in [1.82, 2.24) is 20.5 Å². The van der Waals surface area contributed by atoms with Crippen LogP contribution in [0, 0.1) is 0 Å². The summed E-state index contributed by atoms with van der Waals surface area (Å²) in [5.41, 5.74) is 1.71. The molecule has 6 rings (SSSR count). The van der Waals surface area contributed by atoms with Crippen LogP contribution in [0.25, 0.3) is 0 Å². The van der Waals surface area contributed by atoms with Gasteiger partial charge in [-0.15, -0.1) is 23.1 Å². The third kappa shape index (κ3) is 10.2. The zero-order valence-corrected chi connectivity index (χ0v) is 33.4. The van der Waals surface area contributed by atoms with E-state index in [0.29, 0.717) is 42.2 Å². The lowest BCUT2D eigenvalue weighted by atomic mass is 10.0. The van der Waals surface area contributed by atoms with Crippen molar-refractivity contribution in [1.29, 1.82) is 0 Å². The topological polar surface area (TPSA) is 178 Å². The van der Waals surface area contributed by atoms with Crippen molar-refractivity contribution in [2.24, 2.45) is 5.16 Å². The zero-order valence-electron chi connectivity index (χ0n) is 31.0. The molecule has 0 saturated carbocycles.